The molecule has 1 N–H and O–H groups in total. The fourth-order valence-corrected chi connectivity index (χ4v) is 2.32. The van der Waals surface area contributed by atoms with Crippen molar-refractivity contribution in [2.24, 2.45) is 5.92 Å². The molecule has 4 heteroatoms. The molecule has 0 heterocycles. The van der Waals surface area contributed by atoms with E-state index in [1.165, 1.54) is 12.1 Å². The Morgan fingerprint density at radius 3 is 2.29 bits per heavy atom. The van der Waals surface area contributed by atoms with Crippen LogP contribution in [-0.4, -0.2) is 11.1 Å². The first-order chi connectivity index (χ1) is 9.95. The topological polar surface area (TPSA) is 37.3 Å². The zero-order chi connectivity index (χ0) is 15.4. The van der Waals surface area contributed by atoms with Crippen LogP contribution in [0.25, 0.3) is 0 Å². The van der Waals surface area contributed by atoms with E-state index in [2.05, 4.69) is 0 Å². The molecule has 2 nitrogen and oxygen atoms in total. The van der Waals surface area contributed by atoms with Gasteiger partial charge in [0.25, 0.3) is 0 Å². The lowest BCUT2D eigenvalue weighted by atomic mass is 9.92. The Morgan fingerprint density at radius 2 is 1.71 bits per heavy atom. The maximum Gasteiger partial charge on any atom is 0.307 e. The third kappa shape index (κ3) is 4.30. The fraction of sp³-hybridized carbons (Fsp3) is 0.235. The van der Waals surface area contributed by atoms with Gasteiger partial charge in [0.05, 0.1) is 10.9 Å². The second-order valence-corrected chi connectivity index (χ2v) is 5.58. The van der Waals surface area contributed by atoms with Crippen molar-refractivity contribution in [3.05, 3.63) is 70.0 Å². The van der Waals surface area contributed by atoms with Gasteiger partial charge in [0.15, 0.2) is 0 Å². The summed E-state index contributed by atoms with van der Waals surface area (Å²) >= 11 is 5.63. The number of rotatable bonds is 5. The SMILES string of the molecule is Cc1ccc(CC(Cc2ccc(Cl)c(F)c2)C(=O)O)cc1. The monoisotopic (exact) mass is 306 g/mol. The lowest BCUT2D eigenvalue weighted by molar-refractivity contribution is -0.141. The smallest absolute Gasteiger partial charge is 0.307 e. The molecule has 1 unspecified atom stereocenters. The van der Waals surface area contributed by atoms with E-state index < -0.39 is 17.7 Å². The Labute approximate surface area is 128 Å². The summed E-state index contributed by atoms with van der Waals surface area (Å²) in [6.45, 7) is 1.98. The maximum absolute atomic E-state index is 13.4. The van der Waals surface area contributed by atoms with Crippen LogP contribution in [0.1, 0.15) is 16.7 Å². The van der Waals surface area contributed by atoms with E-state index in [0.717, 1.165) is 11.1 Å². The van der Waals surface area contributed by atoms with E-state index in [9.17, 15) is 14.3 Å². The van der Waals surface area contributed by atoms with Crippen molar-refractivity contribution in [1.82, 2.24) is 0 Å². The van der Waals surface area contributed by atoms with Crippen LogP contribution in [0.15, 0.2) is 42.5 Å². The van der Waals surface area contributed by atoms with E-state index in [-0.39, 0.29) is 11.4 Å². The van der Waals surface area contributed by atoms with Gasteiger partial charge in [-0.3, -0.25) is 4.79 Å². The highest BCUT2D eigenvalue weighted by molar-refractivity contribution is 6.30. The van der Waals surface area contributed by atoms with Crippen LogP contribution in [0.2, 0.25) is 5.02 Å². The van der Waals surface area contributed by atoms with E-state index in [1.54, 1.807) is 6.07 Å². The van der Waals surface area contributed by atoms with Gasteiger partial charge in [-0.2, -0.15) is 0 Å². The Balaban J connectivity index is 2.13. The molecule has 0 amide bonds. The van der Waals surface area contributed by atoms with Gasteiger partial charge in [-0.15, -0.1) is 0 Å². The first kappa shape index (κ1) is 15.5. The molecule has 0 spiro atoms. The summed E-state index contributed by atoms with van der Waals surface area (Å²) in [5, 5.41) is 9.40. The number of halogens is 2. The molecule has 1 atom stereocenters. The number of aryl methyl sites for hydroxylation is 1. The molecule has 21 heavy (non-hydrogen) atoms. The number of carbonyl (C=O) groups is 1. The van der Waals surface area contributed by atoms with E-state index in [4.69, 9.17) is 11.6 Å². The minimum atomic E-state index is -0.883. The summed E-state index contributed by atoms with van der Waals surface area (Å²) < 4.78 is 13.4. The predicted octanol–water partition coefficient (Wildman–Crippen LogP) is 4.27. The van der Waals surface area contributed by atoms with E-state index in [1.807, 2.05) is 31.2 Å². The van der Waals surface area contributed by atoms with Gasteiger partial charge in [-0.25, -0.2) is 4.39 Å². The third-order valence-corrected chi connectivity index (χ3v) is 3.72. The number of carboxylic acid groups (broad SMARTS) is 1. The van der Waals surface area contributed by atoms with Gasteiger partial charge in [-0.1, -0.05) is 47.5 Å². The van der Waals surface area contributed by atoms with Crippen molar-refractivity contribution >= 4 is 17.6 Å². The zero-order valence-corrected chi connectivity index (χ0v) is 12.4. The van der Waals surface area contributed by atoms with Crippen molar-refractivity contribution in [2.45, 2.75) is 19.8 Å². The van der Waals surface area contributed by atoms with Gasteiger partial charge in [-0.05, 0) is 43.0 Å². The number of hydrogen-bond acceptors (Lipinski definition) is 1. The average molecular weight is 307 g/mol. The molecule has 0 aliphatic rings. The number of benzene rings is 2. The minimum absolute atomic E-state index is 0.0455. The molecule has 0 aliphatic heterocycles. The van der Waals surface area contributed by atoms with Crippen LogP contribution in [0.5, 0.6) is 0 Å². The van der Waals surface area contributed by atoms with Crippen LogP contribution in [-0.2, 0) is 17.6 Å². The molecule has 2 rings (SSSR count). The van der Waals surface area contributed by atoms with Crippen LogP contribution in [0.4, 0.5) is 4.39 Å². The molecule has 0 saturated heterocycles. The van der Waals surface area contributed by atoms with Gasteiger partial charge < -0.3 is 5.11 Å². The summed E-state index contributed by atoms with van der Waals surface area (Å²) in [6, 6.07) is 12.2. The Bertz CT molecular complexity index is 638. The Hall–Kier alpha value is -1.87. The Morgan fingerprint density at radius 1 is 1.14 bits per heavy atom. The average Bonchev–Trinajstić information content (AvgIpc) is 2.44. The van der Waals surface area contributed by atoms with Gasteiger partial charge in [0, 0.05) is 0 Å². The second kappa shape index (κ2) is 6.72. The number of aliphatic carboxylic acids is 1. The molecule has 0 radical (unpaired) electrons. The lowest BCUT2D eigenvalue weighted by Gasteiger charge is -2.13. The first-order valence-corrected chi connectivity index (χ1v) is 7.06. The molecule has 0 aromatic heterocycles. The maximum atomic E-state index is 13.4. The molecule has 0 bridgehead atoms. The normalized spacial score (nSPS) is 12.1. The minimum Gasteiger partial charge on any atom is -0.481 e. The molecule has 110 valence electrons. The quantitative estimate of drug-likeness (QED) is 0.895. The van der Waals surface area contributed by atoms with Gasteiger partial charge in [0.2, 0.25) is 0 Å². The summed E-state index contributed by atoms with van der Waals surface area (Å²) in [5.41, 5.74) is 2.73. The van der Waals surface area contributed by atoms with Crippen LogP contribution >= 0.6 is 11.6 Å². The van der Waals surface area contributed by atoms with Crippen LogP contribution in [0, 0.1) is 18.7 Å². The molecule has 2 aromatic carbocycles. The van der Waals surface area contributed by atoms with E-state index in [0.29, 0.717) is 12.0 Å². The zero-order valence-electron chi connectivity index (χ0n) is 11.6. The summed E-state index contributed by atoms with van der Waals surface area (Å²) in [7, 11) is 0. The highest BCUT2D eigenvalue weighted by Crippen LogP contribution is 2.20. The van der Waals surface area contributed by atoms with Gasteiger partial charge >= 0.3 is 5.97 Å². The number of carboxylic acids is 1. The predicted molar refractivity (Wildman–Crippen MR) is 81.1 cm³/mol. The lowest BCUT2D eigenvalue weighted by Crippen LogP contribution is -2.19. The molecular weight excluding hydrogens is 291 g/mol. The standard InChI is InChI=1S/C17H16ClFO2/c1-11-2-4-12(5-3-11)8-14(17(20)21)9-13-6-7-15(18)16(19)10-13/h2-7,10,14H,8-9H2,1H3,(H,20,21). The fourth-order valence-electron chi connectivity index (χ4n) is 2.21. The van der Waals surface area contributed by atoms with Gasteiger partial charge in [0.1, 0.15) is 5.82 Å². The number of hydrogen-bond donors (Lipinski definition) is 1. The van der Waals surface area contributed by atoms with Crippen LogP contribution in [0.3, 0.4) is 0 Å². The third-order valence-electron chi connectivity index (χ3n) is 3.42. The second-order valence-electron chi connectivity index (χ2n) is 5.18. The highest BCUT2D eigenvalue weighted by atomic mass is 35.5. The van der Waals surface area contributed by atoms with E-state index >= 15 is 0 Å². The first-order valence-electron chi connectivity index (χ1n) is 6.68. The summed E-state index contributed by atoms with van der Waals surface area (Å²) in [4.78, 5) is 11.4. The van der Waals surface area contributed by atoms with Crippen molar-refractivity contribution in [2.75, 3.05) is 0 Å². The molecule has 0 fully saturated rings. The summed E-state index contributed by atoms with van der Waals surface area (Å²) in [6.07, 6.45) is 0.692. The van der Waals surface area contributed by atoms with Crippen molar-refractivity contribution in [1.29, 1.82) is 0 Å². The van der Waals surface area contributed by atoms with Crippen molar-refractivity contribution in [3.8, 4) is 0 Å². The largest absolute Gasteiger partial charge is 0.481 e. The van der Waals surface area contributed by atoms with Crippen LogP contribution < -0.4 is 0 Å². The molecule has 2 aromatic rings. The summed E-state index contributed by atoms with van der Waals surface area (Å²) in [5.74, 6) is -1.99. The molecule has 0 aliphatic carbocycles. The highest BCUT2D eigenvalue weighted by Gasteiger charge is 2.19. The van der Waals surface area contributed by atoms with Crippen molar-refractivity contribution < 1.29 is 14.3 Å². The molecular formula is C17H16ClFO2. The van der Waals surface area contributed by atoms with Crippen molar-refractivity contribution in [3.63, 3.8) is 0 Å². The Kier molecular flexibility index (Phi) is 4.97. The molecule has 0 saturated carbocycles.